The summed E-state index contributed by atoms with van der Waals surface area (Å²) in [5.74, 6) is -0.469. The molecular formula is C9H10F3N3OS. The summed E-state index contributed by atoms with van der Waals surface area (Å²) in [6.45, 7) is -1.02. The van der Waals surface area contributed by atoms with Crippen LogP contribution in [0.4, 0.5) is 13.2 Å². The van der Waals surface area contributed by atoms with Crippen molar-refractivity contribution in [3.05, 3.63) is 12.4 Å². The summed E-state index contributed by atoms with van der Waals surface area (Å²) in [7, 11) is 0. The van der Waals surface area contributed by atoms with E-state index in [1.54, 1.807) is 6.20 Å². The van der Waals surface area contributed by atoms with Crippen molar-refractivity contribution in [2.24, 2.45) is 0 Å². The molecule has 2 heterocycles. The van der Waals surface area contributed by atoms with E-state index in [-0.39, 0.29) is 6.54 Å². The van der Waals surface area contributed by atoms with Crippen LogP contribution in [0.1, 0.15) is 6.42 Å². The van der Waals surface area contributed by atoms with Crippen LogP contribution >= 0.6 is 11.8 Å². The van der Waals surface area contributed by atoms with Gasteiger partial charge in [-0.15, -0.1) is 0 Å². The summed E-state index contributed by atoms with van der Waals surface area (Å²) in [6.07, 6.45) is -0.773. The Labute approximate surface area is 99.6 Å². The maximum Gasteiger partial charge on any atom is 0.406 e. The van der Waals surface area contributed by atoms with Crippen LogP contribution in [0.3, 0.4) is 0 Å². The fraction of sp³-hybridized carbons (Fsp3) is 0.556. The molecule has 0 spiro atoms. The zero-order valence-electron chi connectivity index (χ0n) is 8.70. The van der Waals surface area contributed by atoms with Gasteiger partial charge in [-0.1, -0.05) is 11.8 Å². The molecule has 1 aromatic heterocycles. The van der Waals surface area contributed by atoms with Gasteiger partial charge in [0.1, 0.15) is 6.54 Å². The number of aromatic amines is 1. The minimum atomic E-state index is -4.33. The molecule has 1 aliphatic rings. The predicted octanol–water partition coefficient (Wildman–Crippen LogP) is 1.67. The molecule has 4 nitrogen and oxygen atoms in total. The van der Waals surface area contributed by atoms with Gasteiger partial charge < -0.3 is 9.88 Å². The molecule has 1 amide bonds. The van der Waals surface area contributed by atoms with Gasteiger partial charge in [-0.05, 0) is 6.42 Å². The normalized spacial score (nSPS) is 21.2. The molecule has 0 saturated carbocycles. The van der Waals surface area contributed by atoms with Crippen LogP contribution in [0, 0.1) is 0 Å². The number of aromatic nitrogens is 2. The molecule has 0 bridgehead atoms. The van der Waals surface area contributed by atoms with Crippen LogP contribution in [-0.2, 0) is 4.79 Å². The standard InChI is InChI=1S/C9H10F3N3OS/c10-9(11,12)5-15-4-1-6(7(15)16)17-8-13-2-3-14-8/h2-3,6H,1,4-5H2,(H,13,14)/t6-/m0/s1. The molecule has 8 heteroatoms. The maximum atomic E-state index is 12.2. The largest absolute Gasteiger partial charge is 0.406 e. The zero-order valence-corrected chi connectivity index (χ0v) is 9.51. The van der Waals surface area contributed by atoms with E-state index in [4.69, 9.17) is 0 Å². The Balaban J connectivity index is 1.93. The Hall–Kier alpha value is -1.18. The number of rotatable bonds is 3. The lowest BCUT2D eigenvalue weighted by atomic mass is 10.4. The number of nitrogens with zero attached hydrogens (tertiary/aromatic N) is 2. The fourth-order valence-electron chi connectivity index (χ4n) is 1.64. The summed E-state index contributed by atoms with van der Waals surface area (Å²) >= 11 is 1.17. The zero-order chi connectivity index (χ0) is 12.5. The number of halogens is 3. The van der Waals surface area contributed by atoms with Gasteiger partial charge in [0.2, 0.25) is 5.91 Å². The highest BCUT2D eigenvalue weighted by molar-refractivity contribution is 8.00. The number of H-pyrrole nitrogens is 1. The van der Waals surface area contributed by atoms with E-state index >= 15 is 0 Å². The van der Waals surface area contributed by atoms with Crippen molar-refractivity contribution in [1.82, 2.24) is 14.9 Å². The van der Waals surface area contributed by atoms with Gasteiger partial charge >= 0.3 is 6.18 Å². The molecule has 1 saturated heterocycles. The van der Waals surface area contributed by atoms with E-state index in [0.29, 0.717) is 11.6 Å². The van der Waals surface area contributed by atoms with Crippen molar-refractivity contribution < 1.29 is 18.0 Å². The molecule has 0 aliphatic carbocycles. The third-order valence-electron chi connectivity index (χ3n) is 2.35. The molecule has 0 radical (unpaired) electrons. The molecular weight excluding hydrogens is 255 g/mol. The molecule has 0 aromatic carbocycles. The highest BCUT2D eigenvalue weighted by Crippen LogP contribution is 2.30. The Morgan fingerprint density at radius 2 is 2.35 bits per heavy atom. The molecule has 1 N–H and O–H groups in total. The van der Waals surface area contributed by atoms with Crippen LogP contribution in [-0.4, -0.2) is 45.3 Å². The molecule has 94 valence electrons. The second-order valence-corrected chi connectivity index (χ2v) is 4.86. The Morgan fingerprint density at radius 3 is 2.94 bits per heavy atom. The van der Waals surface area contributed by atoms with Crippen molar-refractivity contribution in [2.75, 3.05) is 13.1 Å². The second kappa shape index (κ2) is 4.59. The minimum absolute atomic E-state index is 0.150. The van der Waals surface area contributed by atoms with Crippen molar-refractivity contribution in [3.8, 4) is 0 Å². The molecule has 1 fully saturated rings. The Kier molecular flexibility index (Phi) is 3.32. The number of amides is 1. The first-order chi connectivity index (χ1) is 7.96. The summed E-state index contributed by atoms with van der Waals surface area (Å²) < 4.78 is 36.5. The van der Waals surface area contributed by atoms with E-state index in [2.05, 4.69) is 9.97 Å². The first-order valence-corrected chi connectivity index (χ1v) is 5.85. The molecule has 1 aromatic rings. The number of nitrogens with one attached hydrogen (secondary N) is 1. The number of alkyl halides is 3. The van der Waals surface area contributed by atoms with E-state index in [1.807, 2.05) is 0 Å². The lowest BCUT2D eigenvalue weighted by Gasteiger charge is -2.18. The van der Waals surface area contributed by atoms with E-state index in [0.717, 1.165) is 4.90 Å². The number of hydrogen-bond acceptors (Lipinski definition) is 3. The second-order valence-electron chi connectivity index (χ2n) is 3.66. The monoisotopic (exact) mass is 265 g/mol. The first-order valence-electron chi connectivity index (χ1n) is 4.97. The van der Waals surface area contributed by atoms with Crippen molar-refractivity contribution in [2.45, 2.75) is 23.0 Å². The highest BCUT2D eigenvalue weighted by atomic mass is 32.2. The van der Waals surface area contributed by atoms with Gasteiger partial charge in [0, 0.05) is 18.9 Å². The van der Waals surface area contributed by atoms with Crippen molar-refractivity contribution in [3.63, 3.8) is 0 Å². The lowest BCUT2D eigenvalue weighted by molar-refractivity contribution is -0.157. The third kappa shape index (κ3) is 3.15. The third-order valence-corrected chi connectivity index (χ3v) is 3.51. The Bertz CT molecular complexity index is 393. The summed E-state index contributed by atoms with van der Waals surface area (Å²) in [6, 6.07) is 0. The average Bonchev–Trinajstić information content (AvgIpc) is 2.81. The van der Waals surface area contributed by atoms with E-state index in [9.17, 15) is 18.0 Å². The average molecular weight is 265 g/mol. The number of carbonyl (C=O) groups excluding carboxylic acids is 1. The number of thioether (sulfide) groups is 1. The number of likely N-dealkylation sites (tertiary alicyclic amines) is 1. The minimum Gasteiger partial charge on any atom is -0.340 e. The van der Waals surface area contributed by atoms with Gasteiger partial charge in [0.25, 0.3) is 0 Å². The summed E-state index contributed by atoms with van der Waals surface area (Å²) in [5.41, 5.74) is 0. The number of imidazole rings is 1. The lowest BCUT2D eigenvalue weighted by Crippen LogP contribution is -2.36. The SMILES string of the molecule is O=C1[C@@H](Sc2ncc[nH]2)CCN1CC(F)(F)F. The van der Waals surface area contributed by atoms with Crippen LogP contribution in [0.15, 0.2) is 17.6 Å². The topological polar surface area (TPSA) is 49.0 Å². The Morgan fingerprint density at radius 1 is 1.59 bits per heavy atom. The highest BCUT2D eigenvalue weighted by Gasteiger charge is 2.39. The molecule has 1 aliphatic heterocycles. The van der Waals surface area contributed by atoms with Crippen LogP contribution in [0.2, 0.25) is 0 Å². The van der Waals surface area contributed by atoms with Gasteiger partial charge in [0.15, 0.2) is 5.16 Å². The summed E-state index contributed by atoms with van der Waals surface area (Å²) in [4.78, 5) is 19.3. The number of carbonyl (C=O) groups is 1. The fourth-order valence-corrected chi connectivity index (χ4v) is 2.64. The summed E-state index contributed by atoms with van der Waals surface area (Å²) in [5, 5.41) is 0.0840. The van der Waals surface area contributed by atoms with Crippen LogP contribution in [0.25, 0.3) is 0 Å². The van der Waals surface area contributed by atoms with E-state index < -0.39 is 23.9 Å². The predicted molar refractivity (Wildman–Crippen MR) is 55.5 cm³/mol. The molecule has 1 atom stereocenters. The maximum absolute atomic E-state index is 12.2. The van der Waals surface area contributed by atoms with Gasteiger partial charge in [-0.3, -0.25) is 4.79 Å². The molecule has 2 rings (SSSR count). The van der Waals surface area contributed by atoms with Crippen LogP contribution in [0.5, 0.6) is 0 Å². The quantitative estimate of drug-likeness (QED) is 0.904. The van der Waals surface area contributed by atoms with Crippen LogP contribution < -0.4 is 0 Å². The smallest absolute Gasteiger partial charge is 0.340 e. The number of hydrogen-bond donors (Lipinski definition) is 1. The van der Waals surface area contributed by atoms with Crippen molar-refractivity contribution >= 4 is 17.7 Å². The van der Waals surface area contributed by atoms with Gasteiger partial charge in [-0.2, -0.15) is 13.2 Å². The van der Waals surface area contributed by atoms with Gasteiger partial charge in [0.05, 0.1) is 5.25 Å². The molecule has 0 unspecified atom stereocenters. The van der Waals surface area contributed by atoms with E-state index in [1.165, 1.54) is 18.0 Å². The van der Waals surface area contributed by atoms with Crippen molar-refractivity contribution in [1.29, 1.82) is 0 Å². The van der Waals surface area contributed by atoms with Gasteiger partial charge in [-0.25, -0.2) is 4.98 Å². The molecule has 17 heavy (non-hydrogen) atoms. The first kappa shape index (κ1) is 12.3.